The van der Waals surface area contributed by atoms with Gasteiger partial charge in [-0.05, 0) is 51.0 Å². The Hall–Kier alpha value is -4.05. The summed E-state index contributed by atoms with van der Waals surface area (Å²) in [6.07, 6.45) is 4.11. The van der Waals surface area contributed by atoms with E-state index in [2.05, 4.69) is 20.6 Å². The summed E-state index contributed by atoms with van der Waals surface area (Å²) < 4.78 is 0. The Morgan fingerprint density at radius 2 is 1.08 bits per heavy atom. The van der Waals surface area contributed by atoms with Crippen LogP contribution in [-0.2, 0) is 0 Å². The van der Waals surface area contributed by atoms with Crippen LogP contribution >= 0.6 is 12.4 Å². The standard InChI is InChI=1S/C26H28N6O4.ClH/c1-17-13-23(21-9-7-19(31(33)34)15-25(21)29-17)27-11-5-3-4-6-12-28-24-14-18(2)30-26-16-20(32(35)36)8-10-22(24)26;/h7-10,13-16H,3-6,11-12H2,1-2H3,(H,27,29)(H,28,30);1H. The predicted molar refractivity (Wildman–Crippen MR) is 149 cm³/mol. The topological polar surface area (TPSA) is 136 Å². The lowest BCUT2D eigenvalue weighted by Gasteiger charge is -2.12. The van der Waals surface area contributed by atoms with Crippen molar-refractivity contribution in [3.8, 4) is 0 Å². The number of nitrogens with zero attached hydrogens (tertiary/aromatic N) is 4. The molecule has 0 aliphatic rings. The maximum atomic E-state index is 11.1. The van der Waals surface area contributed by atoms with Crippen molar-refractivity contribution in [1.82, 2.24) is 9.97 Å². The molecule has 4 aromatic rings. The lowest BCUT2D eigenvalue weighted by atomic mass is 10.1. The van der Waals surface area contributed by atoms with Gasteiger partial charge in [0.25, 0.3) is 11.4 Å². The summed E-state index contributed by atoms with van der Waals surface area (Å²) in [6, 6.07) is 13.5. The number of nitro groups is 2. The number of non-ortho nitro benzene ring substituents is 2. The number of halogens is 1. The van der Waals surface area contributed by atoms with Gasteiger partial charge in [0.2, 0.25) is 0 Å². The first-order chi connectivity index (χ1) is 17.3. The molecule has 0 aliphatic carbocycles. The highest BCUT2D eigenvalue weighted by Crippen LogP contribution is 2.28. The molecule has 0 amide bonds. The van der Waals surface area contributed by atoms with Crippen molar-refractivity contribution in [2.75, 3.05) is 23.7 Å². The lowest BCUT2D eigenvalue weighted by Crippen LogP contribution is -2.05. The van der Waals surface area contributed by atoms with Crippen LogP contribution in [0.3, 0.4) is 0 Å². The second-order valence-electron chi connectivity index (χ2n) is 8.81. The number of unbranched alkanes of at least 4 members (excludes halogenated alkanes) is 3. The minimum atomic E-state index is -0.407. The fourth-order valence-corrected chi connectivity index (χ4v) is 4.27. The molecule has 0 bridgehead atoms. The zero-order valence-electron chi connectivity index (χ0n) is 20.7. The molecular weight excluding hydrogens is 496 g/mol. The van der Waals surface area contributed by atoms with Crippen LogP contribution in [0.5, 0.6) is 0 Å². The van der Waals surface area contributed by atoms with Gasteiger partial charge in [-0.25, -0.2) is 0 Å². The molecule has 37 heavy (non-hydrogen) atoms. The maximum Gasteiger partial charge on any atom is 0.271 e. The largest absolute Gasteiger partial charge is 0.384 e. The molecule has 0 unspecified atom stereocenters. The summed E-state index contributed by atoms with van der Waals surface area (Å²) >= 11 is 0. The number of pyridine rings is 2. The smallest absolute Gasteiger partial charge is 0.271 e. The minimum absolute atomic E-state index is 0. The van der Waals surface area contributed by atoms with Crippen LogP contribution in [0.2, 0.25) is 0 Å². The van der Waals surface area contributed by atoms with E-state index in [1.807, 2.05) is 26.0 Å². The van der Waals surface area contributed by atoms with E-state index in [4.69, 9.17) is 0 Å². The number of nitro benzene ring substituents is 2. The molecule has 4 rings (SSSR count). The number of hydrogen-bond donors (Lipinski definition) is 2. The van der Waals surface area contributed by atoms with E-state index in [0.29, 0.717) is 11.0 Å². The van der Waals surface area contributed by atoms with Crippen molar-refractivity contribution < 1.29 is 9.85 Å². The van der Waals surface area contributed by atoms with Gasteiger partial charge in [0.05, 0.1) is 20.9 Å². The minimum Gasteiger partial charge on any atom is -0.384 e. The molecule has 2 heterocycles. The van der Waals surface area contributed by atoms with Gasteiger partial charge >= 0.3 is 0 Å². The molecule has 0 saturated carbocycles. The van der Waals surface area contributed by atoms with Gasteiger partial charge in [0, 0.05) is 70.9 Å². The number of hydrogen-bond acceptors (Lipinski definition) is 8. The van der Waals surface area contributed by atoms with E-state index < -0.39 is 9.85 Å². The van der Waals surface area contributed by atoms with Crippen LogP contribution in [0, 0.1) is 34.1 Å². The van der Waals surface area contributed by atoms with Gasteiger partial charge < -0.3 is 10.6 Å². The SMILES string of the molecule is Cc1cc(NCCCCCCNc2cc(C)nc3cc([N+](=O)[O-])ccc23)c2ccc([N+](=O)[O-])cc2n1.Cl. The summed E-state index contributed by atoms with van der Waals surface area (Å²) in [4.78, 5) is 30.2. The second-order valence-corrected chi connectivity index (χ2v) is 8.81. The molecule has 2 aromatic carbocycles. The van der Waals surface area contributed by atoms with Crippen molar-refractivity contribution in [2.24, 2.45) is 0 Å². The monoisotopic (exact) mass is 524 g/mol. The van der Waals surface area contributed by atoms with Crippen molar-refractivity contribution in [3.05, 3.63) is 80.1 Å². The van der Waals surface area contributed by atoms with E-state index in [9.17, 15) is 20.2 Å². The van der Waals surface area contributed by atoms with Crippen molar-refractivity contribution >= 4 is 57.0 Å². The van der Waals surface area contributed by atoms with Gasteiger partial charge in [-0.1, -0.05) is 12.8 Å². The number of rotatable bonds is 11. The fourth-order valence-electron chi connectivity index (χ4n) is 4.27. The summed E-state index contributed by atoms with van der Waals surface area (Å²) in [5.74, 6) is 0. The van der Waals surface area contributed by atoms with Crippen molar-refractivity contribution in [2.45, 2.75) is 39.5 Å². The molecule has 0 aliphatic heterocycles. The Morgan fingerprint density at radius 3 is 1.46 bits per heavy atom. The van der Waals surface area contributed by atoms with E-state index in [1.54, 1.807) is 12.1 Å². The van der Waals surface area contributed by atoms with Gasteiger partial charge in [-0.2, -0.15) is 0 Å². The Morgan fingerprint density at radius 1 is 0.676 bits per heavy atom. The first kappa shape index (κ1) is 27.5. The summed E-state index contributed by atoms with van der Waals surface area (Å²) in [6.45, 7) is 5.36. The molecule has 194 valence electrons. The van der Waals surface area contributed by atoms with Crippen molar-refractivity contribution in [3.63, 3.8) is 0 Å². The van der Waals surface area contributed by atoms with Crippen LogP contribution in [0.4, 0.5) is 22.7 Å². The Kier molecular flexibility index (Phi) is 9.13. The third-order valence-electron chi connectivity index (χ3n) is 6.00. The zero-order valence-corrected chi connectivity index (χ0v) is 21.5. The Bertz CT molecular complexity index is 1340. The van der Waals surface area contributed by atoms with Gasteiger partial charge in [0.15, 0.2) is 0 Å². The van der Waals surface area contributed by atoms with Gasteiger partial charge in [-0.15, -0.1) is 12.4 Å². The highest BCUT2D eigenvalue weighted by molar-refractivity contribution is 5.93. The van der Waals surface area contributed by atoms with Crippen LogP contribution in [0.15, 0.2) is 48.5 Å². The van der Waals surface area contributed by atoms with Crippen molar-refractivity contribution in [1.29, 1.82) is 0 Å². The molecule has 2 aromatic heterocycles. The lowest BCUT2D eigenvalue weighted by molar-refractivity contribution is -0.384. The number of aryl methyl sites for hydroxylation is 2. The van der Waals surface area contributed by atoms with E-state index in [0.717, 1.165) is 72.3 Å². The quantitative estimate of drug-likeness (QED) is 0.125. The molecule has 0 atom stereocenters. The predicted octanol–water partition coefficient (Wildman–Crippen LogP) is 6.72. The molecule has 0 radical (unpaired) electrons. The van der Waals surface area contributed by atoms with E-state index >= 15 is 0 Å². The highest BCUT2D eigenvalue weighted by Gasteiger charge is 2.11. The molecule has 2 N–H and O–H groups in total. The van der Waals surface area contributed by atoms with Crippen LogP contribution in [0.1, 0.15) is 37.1 Å². The number of anilines is 2. The molecule has 11 heteroatoms. The number of aromatic nitrogens is 2. The van der Waals surface area contributed by atoms with Gasteiger partial charge in [0.1, 0.15) is 0 Å². The summed E-state index contributed by atoms with van der Waals surface area (Å²) in [5, 5.41) is 30.8. The second kappa shape index (κ2) is 12.3. The number of benzene rings is 2. The zero-order chi connectivity index (χ0) is 25.7. The molecule has 10 nitrogen and oxygen atoms in total. The summed E-state index contributed by atoms with van der Waals surface area (Å²) in [5.41, 5.74) is 4.81. The highest BCUT2D eigenvalue weighted by atomic mass is 35.5. The van der Waals surface area contributed by atoms with E-state index in [-0.39, 0.29) is 23.8 Å². The first-order valence-electron chi connectivity index (χ1n) is 11.9. The third-order valence-corrected chi connectivity index (χ3v) is 6.00. The Labute approximate surface area is 220 Å². The number of fused-ring (bicyclic) bond motifs is 2. The first-order valence-corrected chi connectivity index (χ1v) is 11.9. The Balaban J connectivity index is 0.00000380. The maximum absolute atomic E-state index is 11.1. The van der Waals surface area contributed by atoms with Crippen LogP contribution in [-0.4, -0.2) is 32.9 Å². The van der Waals surface area contributed by atoms with Crippen LogP contribution < -0.4 is 10.6 Å². The average molecular weight is 525 g/mol. The number of nitrogens with one attached hydrogen (secondary N) is 2. The molecule has 0 fully saturated rings. The third kappa shape index (κ3) is 6.79. The fraction of sp³-hybridized carbons (Fsp3) is 0.308. The molecular formula is C26H29ClN6O4. The van der Waals surface area contributed by atoms with E-state index in [1.165, 1.54) is 24.3 Å². The molecule has 0 spiro atoms. The normalized spacial score (nSPS) is 10.8. The van der Waals surface area contributed by atoms with Crippen LogP contribution in [0.25, 0.3) is 21.8 Å². The summed E-state index contributed by atoms with van der Waals surface area (Å²) in [7, 11) is 0. The molecule has 0 saturated heterocycles. The average Bonchev–Trinajstić information content (AvgIpc) is 2.84. The van der Waals surface area contributed by atoms with Gasteiger partial charge in [-0.3, -0.25) is 30.2 Å².